The van der Waals surface area contributed by atoms with E-state index in [1.54, 1.807) is 0 Å². The first-order valence-corrected chi connectivity index (χ1v) is 9.74. The van der Waals surface area contributed by atoms with E-state index in [0.29, 0.717) is 6.61 Å². The number of benzene rings is 2. The van der Waals surface area contributed by atoms with Gasteiger partial charge in [-0.3, -0.25) is 4.79 Å². The van der Waals surface area contributed by atoms with Crippen molar-refractivity contribution >= 4 is 17.7 Å². The molecule has 2 aromatic carbocycles. The van der Waals surface area contributed by atoms with Crippen LogP contribution >= 0.6 is 11.8 Å². The zero-order chi connectivity index (χ0) is 19.4. The third-order valence-electron chi connectivity index (χ3n) is 4.11. The quantitative estimate of drug-likeness (QED) is 0.720. The van der Waals surface area contributed by atoms with Crippen LogP contribution in [0.2, 0.25) is 0 Å². The third-order valence-corrected chi connectivity index (χ3v) is 5.14. The predicted molar refractivity (Wildman–Crippen MR) is 100 cm³/mol. The summed E-state index contributed by atoms with van der Waals surface area (Å²) in [4.78, 5) is 12.2. The van der Waals surface area contributed by atoms with E-state index in [9.17, 15) is 13.6 Å². The molecule has 0 spiro atoms. The highest BCUT2D eigenvalue weighted by Crippen LogP contribution is 2.35. The number of nitrogens with one attached hydrogen (secondary N) is 1. The summed E-state index contributed by atoms with van der Waals surface area (Å²) in [5.74, 6) is 0.166. The Balaban J connectivity index is 1.61. The molecular formula is C20H21F2NO3S. The largest absolute Gasteiger partial charge is 0.494 e. The molecule has 0 fully saturated rings. The highest BCUT2D eigenvalue weighted by molar-refractivity contribution is 8.00. The second kappa shape index (κ2) is 8.61. The van der Waals surface area contributed by atoms with Gasteiger partial charge >= 0.3 is 0 Å². The zero-order valence-corrected chi connectivity index (χ0v) is 16.0. The Morgan fingerprint density at radius 3 is 2.93 bits per heavy atom. The van der Waals surface area contributed by atoms with Crippen LogP contribution in [0.3, 0.4) is 0 Å². The molecule has 4 nitrogen and oxygen atoms in total. The lowest BCUT2D eigenvalue weighted by Gasteiger charge is -2.13. The molecule has 27 heavy (non-hydrogen) atoms. The molecule has 1 heterocycles. The van der Waals surface area contributed by atoms with Crippen molar-refractivity contribution in [3.05, 3.63) is 53.1 Å². The summed E-state index contributed by atoms with van der Waals surface area (Å²) in [5, 5.41) is 2.79. The minimum absolute atomic E-state index is 0.0111. The summed E-state index contributed by atoms with van der Waals surface area (Å²) in [6.07, 6.45) is 0.953. The molecule has 0 bridgehead atoms. The number of amides is 1. The van der Waals surface area contributed by atoms with Gasteiger partial charge in [-0.15, -0.1) is 11.8 Å². The molecule has 2 aromatic rings. The van der Waals surface area contributed by atoms with E-state index in [1.807, 2.05) is 26.0 Å². The van der Waals surface area contributed by atoms with Crippen LogP contribution < -0.4 is 14.8 Å². The van der Waals surface area contributed by atoms with Gasteiger partial charge in [0.1, 0.15) is 29.2 Å². The number of fused-ring (bicyclic) bond motifs is 1. The monoisotopic (exact) mass is 393 g/mol. The Morgan fingerprint density at radius 1 is 1.33 bits per heavy atom. The molecule has 1 aliphatic rings. The van der Waals surface area contributed by atoms with E-state index in [1.165, 1.54) is 0 Å². The third kappa shape index (κ3) is 4.91. The van der Waals surface area contributed by atoms with Crippen molar-refractivity contribution in [2.45, 2.75) is 37.8 Å². The maximum Gasteiger partial charge on any atom is 0.230 e. The van der Waals surface area contributed by atoms with Gasteiger partial charge in [0.05, 0.1) is 12.4 Å². The van der Waals surface area contributed by atoms with Crippen molar-refractivity contribution in [2.75, 3.05) is 12.4 Å². The number of hydrogen-bond donors (Lipinski definition) is 1. The molecular weight excluding hydrogens is 372 g/mol. The van der Waals surface area contributed by atoms with Crippen molar-refractivity contribution in [1.29, 1.82) is 0 Å². The van der Waals surface area contributed by atoms with Gasteiger partial charge in [0.2, 0.25) is 5.91 Å². The number of rotatable bonds is 7. The van der Waals surface area contributed by atoms with Crippen molar-refractivity contribution in [1.82, 2.24) is 5.32 Å². The van der Waals surface area contributed by atoms with Gasteiger partial charge in [0.25, 0.3) is 0 Å². The van der Waals surface area contributed by atoms with E-state index in [2.05, 4.69) is 5.32 Å². The fourth-order valence-electron chi connectivity index (χ4n) is 2.89. The van der Waals surface area contributed by atoms with Crippen molar-refractivity contribution in [3.8, 4) is 11.5 Å². The van der Waals surface area contributed by atoms with Crippen LogP contribution in [0.5, 0.6) is 11.5 Å². The molecule has 144 valence electrons. The number of ether oxygens (including phenoxy) is 2. The Bertz CT molecular complexity index is 844. The normalized spacial score (nSPS) is 15.2. The number of carbonyl (C=O) groups excluding carboxylic acids is 1. The van der Waals surface area contributed by atoms with Crippen molar-refractivity contribution in [3.63, 3.8) is 0 Å². The first kappa shape index (κ1) is 19.5. The molecule has 0 saturated carbocycles. The minimum Gasteiger partial charge on any atom is -0.494 e. The van der Waals surface area contributed by atoms with Gasteiger partial charge < -0.3 is 14.8 Å². The molecule has 1 amide bonds. The number of hydrogen-bond acceptors (Lipinski definition) is 4. The van der Waals surface area contributed by atoms with Crippen LogP contribution in [-0.4, -0.2) is 24.4 Å². The van der Waals surface area contributed by atoms with Crippen LogP contribution in [0, 0.1) is 11.6 Å². The van der Waals surface area contributed by atoms with E-state index in [-0.39, 0.29) is 29.2 Å². The van der Waals surface area contributed by atoms with Gasteiger partial charge in [-0.2, -0.15) is 0 Å². The van der Waals surface area contributed by atoms with Crippen molar-refractivity contribution < 1.29 is 23.0 Å². The fourth-order valence-corrected chi connectivity index (χ4v) is 3.68. The summed E-state index contributed by atoms with van der Waals surface area (Å²) in [6, 6.07) is 7.03. The molecule has 3 rings (SSSR count). The van der Waals surface area contributed by atoms with Crippen LogP contribution in [0.25, 0.3) is 0 Å². The molecule has 0 radical (unpaired) electrons. The minimum atomic E-state index is -0.544. The van der Waals surface area contributed by atoms with E-state index in [0.717, 1.165) is 59.0 Å². The average molecular weight is 393 g/mol. The van der Waals surface area contributed by atoms with Crippen LogP contribution in [0.15, 0.2) is 35.2 Å². The first-order valence-electron chi connectivity index (χ1n) is 8.76. The average Bonchev–Trinajstić information content (AvgIpc) is 2.99. The molecule has 0 unspecified atom stereocenters. The summed E-state index contributed by atoms with van der Waals surface area (Å²) in [5.41, 5.74) is 1.91. The molecule has 0 aliphatic carbocycles. The number of thioether (sulfide) groups is 1. The Kier molecular flexibility index (Phi) is 6.21. The zero-order valence-electron chi connectivity index (χ0n) is 15.2. The maximum atomic E-state index is 13.6. The van der Waals surface area contributed by atoms with Crippen molar-refractivity contribution in [2.24, 2.45) is 0 Å². The molecule has 1 aliphatic heterocycles. The van der Waals surface area contributed by atoms with Gasteiger partial charge in [-0.1, -0.05) is 0 Å². The topological polar surface area (TPSA) is 47.6 Å². The van der Waals surface area contributed by atoms with Crippen LogP contribution in [-0.2, 0) is 17.8 Å². The molecule has 7 heteroatoms. The standard InChI is InChI=1S/C20H21F2NO3S/c1-3-25-17-7-13-6-12(2)26-18(13)8-14(17)10-23-20(24)11-27-19-9-15(21)4-5-16(19)22/h4-5,7-9,12H,3,6,10-11H2,1-2H3,(H,23,24)/t12-/m0/s1. The van der Waals surface area contributed by atoms with Crippen LogP contribution in [0.4, 0.5) is 8.78 Å². The van der Waals surface area contributed by atoms with Gasteiger partial charge in [0, 0.05) is 29.0 Å². The lowest BCUT2D eigenvalue weighted by molar-refractivity contribution is -0.118. The van der Waals surface area contributed by atoms with E-state index in [4.69, 9.17) is 9.47 Å². The fraction of sp³-hybridized carbons (Fsp3) is 0.350. The highest BCUT2D eigenvalue weighted by Gasteiger charge is 2.22. The second-order valence-electron chi connectivity index (χ2n) is 6.27. The Morgan fingerprint density at radius 2 is 2.15 bits per heavy atom. The first-order chi connectivity index (χ1) is 13.0. The summed E-state index contributed by atoms with van der Waals surface area (Å²) >= 11 is 0.956. The Labute approximate surface area is 161 Å². The second-order valence-corrected chi connectivity index (χ2v) is 7.29. The summed E-state index contributed by atoms with van der Waals surface area (Å²) < 4.78 is 38.3. The SMILES string of the molecule is CCOc1cc2c(cc1CNC(=O)CSc1cc(F)ccc1F)O[C@@H](C)C2. The molecule has 0 saturated heterocycles. The van der Waals surface area contributed by atoms with Gasteiger partial charge in [-0.25, -0.2) is 8.78 Å². The van der Waals surface area contributed by atoms with Gasteiger partial charge in [0.15, 0.2) is 0 Å². The van der Waals surface area contributed by atoms with Crippen LogP contribution in [0.1, 0.15) is 25.0 Å². The lowest BCUT2D eigenvalue weighted by atomic mass is 10.1. The molecule has 1 N–H and O–H groups in total. The maximum absolute atomic E-state index is 13.6. The molecule has 0 aromatic heterocycles. The van der Waals surface area contributed by atoms with Gasteiger partial charge in [-0.05, 0) is 44.2 Å². The summed E-state index contributed by atoms with van der Waals surface area (Å²) in [6.45, 7) is 4.69. The predicted octanol–water partition coefficient (Wildman–Crippen LogP) is 4.10. The van der Waals surface area contributed by atoms with E-state index < -0.39 is 11.6 Å². The number of halogens is 2. The number of carbonyl (C=O) groups is 1. The van der Waals surface area contributed by atoms with E-state index >= 15 is 0 Å². The summed E-state index contributed by atoms with van der Waals surface area (Å²) in [7, 11) is 0. The highest BCUT2D eigenvalue weighted by atomic mass is 32.2. The Hall–Kier alpha value is -2.28. The smallest absolute Gasteiger partial charge is 0.230 e. The molecule has 1 atom stereocenters. The lowest BCUT2D eigenvalue weighted by Crippen LogP contribution is -2.25.